The minimum atomic E-state index is -0.464. The van der Waals surface area contributed by atoms with Gasteiger partial charge < -0.3 is 4.90 Å². The van der Waals surface area contributed by atoms with Crippen LogP contribution in [0.4, 0.5) is 17.1 Å². The number of hydrogen-bond acceptors (Lipinski definition) is 1. The molecule has 248 valence electrons. The zero-order valence-electron chi connectivity index (χ0n) is 29.8. The molecule has 0 saturated carbocycles. The van der Waals surface area contributed by atoms with E-state index in [4.69, 9.17) is 0 Å². The number of rotatable bonds is 5. The third-order valence-corrected chi connectivity index (χ3v) is 11.7. The van der Waals surface area contributed by atoms with Gasteiger partial charge in [0.15, 0.2) is 0 Å². The highest BCUT2D eigenvalue weighted by Gasteiger charge is 2.46. The first-order chi connectivity index (χ1) is 25.4. The molecule has 52 heavy (non-hydrogen) atoms. The Kier molecular flexibility index (Phi) is 6.73. The lowest BCUT2D eigenvalue weighted by Gasteiger charge is -2.35. The molecule has 0 unspecified atom stereocenters. The SMILES string of the molecule is Cc1ccc2cc3c(cc2c1)-c1ccc(N(c2ccccc2)c2ccc4c(c2)C(c2ccccc2)(c2ccccc2)c2ccccc2-4)cc1C3(C)C. The first-order valence-electron chi connectivity index (χ1n) is 18.3. The third-order valence-electron chi connectivity index (χ3n) is 11.7. The number of para-hydroxylation sites is 1. The van der Waals surface area contributed by atoms with Crippen LogP contribution < -0.4 is 4.90 Å². The fourth-order valence-electron chi connectivity index (χ4n) is 9.32. The van der Waals surface area contributed by atoms with Crippen molar-refractivity contribution in [3.05, 3.63) is 221 Å². The minimum absolute atomic E-state index is 0.141. The molecular weight excluding hydrogens is 627 g/mol. The fourth-order valence-corrected chi connectivity index (χ4v) is 9.32. The molecule has 0 radical (unpaired) electrons. The first-order valence-corrected chi connectivity index (χ1v) is 18.3. The van der Waals surface area contributed by atoms with Crippen LogP contribution in [0.25, 0.3) is 33.0 Å². The molecule has 8 aromatic rings. The standard InChI is InChI=1S/C51H39N/c1-34-23-24-35-31-47-45(30-36(35)29-34)44-28-26-40(32-48(44)50(47,2)3)52(39-19-11-6-12-20-39)41-25-27-43-42-21-13-14-22-46(42)51(49(43)33-41,37-15-7-4-8-16-37)38-17-9-5-10-18-38/h4-33H,1-3H3. The second-order valence-corrected chi connectivity index (χ2v) is 15.0. The number of anilines is 3. The summed E-state index contributed by atoms with van der Waals surface area (Å²) in [5.74, 6) is 0. The Labute approximate surface area is 306 Å². The van der Waals surface area contributed by atoms with Crippen molar-refractivity contribution in [3.63, 3.8) is 0 Å². The van der Waals surface area contributed by atoms with Gasteiger partial charge in [-0.3, -0.25) is 0 Å². The third kappa shape index (κ3) is 4.36. The molecule has 0 bridgehead atoms. The van der Waals surface area contributed by atoms with Gasteiger partial charge in [-0.25, -0.2) is 0 Å². The second-order valence-electron chi connectivity index (χ2n) is 15.0. The summed E-state index contributed by atoms with van der Waals surface area (Å²) in [6.07, 6.45) is 0. The van der Waals surface area contributed by atoms with Gasteiger partial charge in [0, 0.05) is 22.5 Å². The van der Waals surface area contributed by atoms with Gasteiger partial charge >= 0.3 is 0 Å². The summed E-state index contributed by atoms with van der Waals surface area (Å²) in [4.78, 5) is 2.45. The minimum Gasteiger partial charge on any atom is -0.310 e. The molecule has 8 aromatic carbocycles. The molecule has 0 amide bonds. The van der Waals surface area contributed by atoms with E-state index in [-0.39, 0.29) is 5.41 Å². The highest BCUT2D eigenvalue weighted by molar-refractivity contribution is 5.95. The summed E-state index contributed by atoms with van der Waals surface area (Å²) in [6.45, 7) is 6.94. The molecular formula is C51H39N. The van der Waals surface area contributed by atoms with Gasteiger partial charge in [-0.15, -0.1) is 0 Å². The molecule has 0 fully saturated rings. The van der Waals surface area contributed by atoms with E-state index in [0.717, 1.165) is 17.1 Å². The average Bonchev–Trinajstić information content (AvgIpc) is 3.60. The van der Waals surface area contributed by atoms with E-state index < -0.39 is 5.41 Å². The molecule has 1 heteroatoms. The maximum absolute atomic E-state index is 2.46. The Balaban J connectivity index is 1.20. The predicted octanol–water partition coefficient (Wildman–Crippen LogP) is 13.3. The summed E-state index contributed by atoms with van der Waals surface area (Å²) < 4.78 is 0. The Bertz CT molecular complexity index is 2610. The summed E-state index contributed by atoms with van der Waals surface area (Å²) >= 11 is 0. The van der Waals surface area contributed by atoms with Crippen LogP contribution in [0.1, 0.15) is 52.8 Å². The van der Waals surface area contributed by atoms with Crippen LogP contribution in [-0.2, 0) is 10.8 Å². The number of hydrogen-bond donors (Lipinski definition) is 0. The fraction of sp³-hybridized carbons (Fsp3) is 0.0980. The molecule has 2 aliphatic rings. The van der Waals surface area contributed by atoms with E-state index in [2.05, 4.69) is 208 Å². The van der Waals surface area contributed by atoms with Crippen molar-refractivity contribution >= 4 is 27.8 Å². The van der Waals surface area contributed by atoms with Crippen molar-refractivity contribution in [3.8, 4) is 22.3 Å². The zero-order chi connectivity index (χ0) is 35.0. The lowest BCUT2D eigenvalue weighted by atomic mass is 9.67. The van der Waals surface area contributed by atoms with Crippen LogP contribution in [-0.4, -0.2) is 0 Å². The maximum Gasteiger partial charge on any atom is 0.0714 e. The normalized spacial score (nSPS) is 14.4. The number of aryl methyl sites for hydroxylation is 1. The molecule has 10 rings (SSSR count). The molecule has 0 spiro atoms. The maximum atomic E-state index is 2.46. The van der Waals surface area contributed by atoms with E-state index >= 15 is 0 Å². The summed E-state index contributed by atoms with van der Waals surface area (Å²) in [7, 11) is 0. The Morgan fingerprint density at radius 3 is 1.58 bits per heavy atom. The van der Waals surface area contributed by atoms with Crippen molar-refractivity contribution in [2.75, 3.05) is 4.90 Å². The quantitative estimate of drug-likeness (QED) is 0.177. The van der Waals surface area contributed by atoms with Crippen molar-refractivity contribution in [2.45, 2.75) is 31.6 Å². The topological polar surface area (TPSA) is 3.24 Å². The molecule has 0 saturated heterocycles. The van der Waals surface area contributed by atoms with Crippen molar-refractivity contribution in [2.24, 2.45) is 0 Å². The number of fused-ring (bicyclic) bond motifs is 7. The van der Waals surface area contributed by atoms with Crippen molar-refractivity contribution in [1.29, 1.82) is 0 Å². The highest BCUT2D eigenvalue weighted by atomic mass is 15.1. The Morgan fingerprint density at radius 2 is 0.904 bits per heavy atom. The second kappa shape index (κ2) is 11.4. The summed E-state index contributed by atoms with van der Waals surface area (Å²) in [5, 5.41) is 2.60. The van der Waals surface area contributed by atoms with E-state index in [0.29, 0.717) is 0 Å². The van der Waals surface area contributed by atoms with Gasteiger partial charge in [0.05, 0.1) is 5.41 Å². The molecule has 0 atom stereocenters. The van der Waals surface area contributed by atoms with Gasteiger partial charge in [0.1, 0.15) is 0 Å². The van der Waals surface area contributed by atoms with E-state index in [1.807, 2.05) is 0 Å². The van der Waals surface area contributed by atoms with Gasteiger partial charge in [-0.2, -0.15) is 0 Å². The molecule has 0 aliphatic heterocycles. The number of nitrogens with zero attached hydrogens (tertiary/aromatic N) is 1. The lowest BCUT2D eigenvalue weighted by molar-refractivity contribution is 0.661. The number of benzene rings is 8. The van der Waals surface area contributed by atoms with Crippen molar-refractivity contribution in [1.82, 2.24) is 0 Å². The van der Waals surface area contributed by atoms with Gasteiger partial charge in [-0.05, 0) is 122 Å². The zero-order valence-corrected chi connectivity index (χ0v) is 29.8. The summed E-state index contributed by atoms with van der Waals surface area (Å²) in [6, 6.07) is 67.8. The van der Waals surface area contributed by atoms with Gasteiger partial charge in [0.2, 0.25) is 0 Å². The molecule has 0 N–H and O–H groups in total. The summed E-state index contributed by atoms with van der Waals surface area (Å²) in [5.41, 5.74) is 17.3. The van der Waals surface area contributed by atoms with E-state index in [1.54, 1.807) is 0 Å². The van der Waals surface area contributed by atoms with Gasteiger partial charge in [-0.1, -0.05) is 153 Å². The van der Waals surface area contributed by atoms with Gasteiger partial charge in [0.25, 0.3) is 0 Å². The van der Waals surface area contributed by atoms with Crippen LogP contribution >= 0.6 is 0 Å². The monoisotopic (exact) mass is 665 g/mol. The highest BCUT2D eigenvalue weighted by Crippen LogP contribution is 2.58. The molecule has 0 aromatic heterocycles. The predicted molar refractivity (Wildman–Crippen MR) is 218 cm³/mol. The molecule has 0 heterocycles. The smallest absolute Gasteiger partial charge is 0.0714 e. The van der Waals surface area contributed by atoms with Crippen LogP contribution in [0, 0.1) is 6.92 Å². The first kappa shape index (κ1) is 30.6. The van der Waals surface area contributed by atoms with E-state index in [9.17, 15) is 0 Å². The molecule has 2 aliphatic carbocycles. The lowest BCUT2D eigenvalue weighted by Crippen LogP contribution is -2.28. The van der Waals surface area contributed by atoms with Crippen LogP contribution in [0.3, 0.4) is 0 Å². The van der Waals surface area contributed by atoms with Crippen LogP contribution in [0.2, 0.25) is 0 Å². The Morgan fingerprint density at radius 1 is 0.365 bits per heavy atom. The average molecular weight is 666 g/mol. The van der Waals surface area contributed by atoms with Crippen LogP contribution in [0.15, 0.2) is 182 Å². The van der Waals surface area contributed by atoms with E-state index in [1.165, 1.54) is 72.0 Å². The van der Waals surface area contributed by atoms with Crippen molar-refractivity contribution < 1.29 is 0 Å². The largest absolute Gasteiger partial charge is 0.310 e. The molecule has 1 nitrogen and oxygen atoms in total. The Hall–Kier alpha value is -6.18. The van der Waals surface area contributed by atoms with Crippen LogP contribution in [0.5, 0.6) is 0 Å².